The average Bonchev–Trinajstić information content (AvgIpc) is 2.85. The lowest BCUT2D eigenvalue weighted by Gasteiger charge is -2.35. The summed E-state index contributed by atoms with van der Waals surface area (Å²) in [6.07, 6.45) is 0. The van der Waals surface area contributed by atoms with Gasteiger partial charge < -0.3 is 24.4 Å². The lowest BCUT2D eigenvalue weighted by molar-refractivity contribution is 0.0955. The highest BCUT2D eigenvalue weighted by atomic mass is 32.2. The fourth-order valence-electron chi connectivity index (χ4n) is 3.73. The van der Waals surface area contributed by atoms with Crippen LogP contribution in [0.3, 0.4) is 0 Å². The lowest BCUT2D eigenvalue weighted by atomic mass is 10.2. The zero-order chi connectivity index (χ0) is 24.6. The summed E-state index contributed by atoms with van der Waals surface area (Å²) < 4.78 is 43.3. The molecule has 0 atom stereocenters. The number of benzene rings is 2. The van der Waals surface area contributed by atoms with Gasteiger partial charge in [-0.2, -0.15) is 4.31 Å². The second kappa shape index (κ2) is 11.9. The first kappa shape index (κ1) is 25.6. The second-order valence-electron chi connectivity index (χ2n) is 7.68. The highest BCUT2D eigenvalue weighted by Crippen LogP contribution is 2.28. The number of hydrogen-bond acceptors (Lipinski definition) is 7. The van der Waals surface area contributed by atoms with Gasteiger partial charge in [-0.3, -0.25) is 4.79 Å². The standard InChI is InChI=1S/C24H33N3O6S/c1-4-32-22-11-6-19(18-23(22)33-5-2)24(28)25-12-17-34(29,30)27-15-13-26(14-16-27)20-7-9-21(31-3)10-8-20/h6-11,18H,4-5,12-17H2,1-3H3,(H,25,28). The average molecular weight is 492 g/mol. The van der Waals surface area contributed by atoms with Crippen molar-refractivity contribution < 1.29 is 27.4 Å². The van der Waals surface area contributed by atoms with E-state index < -0.39 is 10.0 Å². The van der Waals surface area contributed by atoms with E-state index in [1.54, 1.807) is 25.3 Å². The van der Waals surface area contributed by atoms with Gasteiger partial charge in [-0.25, -0.2) is 8.42 Å². The van der Waals surface area contributed by atoms with E-state index in [4.69, 9.17) is 14.2 Å². The van der Waals surface area contributed by atoms with Crippen molar-refractivity contribution in [3.05, 3.63) is 48.0 Å². The molecule has 1 amide bonds. The van der Waals surface area contributed by atoms with E-state index in [2.05, 4.69) is 10.2 Å². The van der Waals surface area contributed by atoms with Crippen LogP contribution in [0.4, 0.5) is 5.69 Å². The molecule has 34 heavy (non-hydrogen) atoms. The summed E-state index contributed by atoms with van der Waals surface area (Å²) in [6, 6.07) is 12.6. The quantitative estimate of drug-likeness (QED) is 0.515. The highest BCUT2D eigenvalue weighted by Gasteiger charge is 2.27. The molecule has 1 N–H and O–H groups in total. The molecular weight excluding hydrogens is 458 g/mol. The molecule has 9 nitrogen and oxygen atoms in total. The van der Waals surface area contributed by atoms with Crippen LogP contribution in [0.1, 0.15) is 24.2 Å². The first-order valence-electron chi connectivity index (χ1n) is 11.4. The number of piperazine rings is 1. The van der Waals surface area contributed by atoms with Crippen LogP contribution < -0.4 is 24.4 Å². The number of methoxy groups -OCH3 is 1. The van der Waals surface area contributed by atoms with Gasteiger partial charge in [-0.15, -0.1) is 0 Å². The topological polar surface area (TPSA) is 97.4 Å². The van der Waals surface area contributed by atoms with E-state index in [0.717, 1.165) is 11.4 Å². The van der Waals surface area contributed by atoms with Crippen molar-refractivity contribution in [1.29, 1.82) is 0 Å². The van der Waals surface area contributed by atoms with Crippen LogP contribution in [-0.2, 0) is 10.0 Å². The molecule has 1 aliphatic rings. The molecule has 186 valence electrons. The van der Waals surface area contributed by atoms with Crippen LogP contribution in [0.2, 0.25) is 0 Å². The minimum Gasteiger partial charge on any atom is -0.497 e. The van der Waals surface area contributed by atoms with Crippen LogP contribution in [0.15, 0.2) is 42.5 Å². The molecule has 10 heteroatoms. The third-order valence-corrected chi connectivity index (χ3v) is 7.39. The molecule has 0 spiro atoms. The summed E-state index contributed by atoms with van der Waals surface area (Å²) >= 11 is 0. The Bertz CT molecular complexity index is 1050. The van der Waals surface area contributed by atoms with E-state index in [1.165, 1.54) is 4.31 Å². The number of nitrogens with zero attached hydrogens (tertiary/aromatic N) is 2. The Morgan fingerprint density at radius 1 is 0.941 bits per heavy atom. The highest BCUT2D eigenvalue weighted by molar-refractivity contribution is 7.89. The molecule has 2 aromatic carbocycles. The van der Waals surface area contributed by atoms with Crippen LogP contribution >= 0.6 is 0 Å². The molecule has 1 saturated heterocycles. The van der Waals surface area contributed by atoms with Crippen molar-refractivity contribution in [3.63, 3.8) is 0 Å². The molecule has 0 bridgehead atoms. The zero-order valence-corrected chi connectivity index (χ0v) is 20.8. The minimum atomic E-state index is -3.48. The predicted octanol–water partition coefficient (Wildman–Crippen LogP) is 2.37. The fraction of sp³-hybridized carbons (Fsp3) is 0.458. The van der Waals surface area contributed by atoms with Gasteiger partial charge in [0.05, 0.1) is 26.1 Å². The number of hydrogen-bond donors (Lipinski definition) is 1. The Balaban J connectivity index is 1.50. The Morgan fingerprint density at radius 3 is 2.21 bits per heavy atom. The van der Waals surface area contributed by atoms with Gasteiger partial charge >= 0.3 is 0 Å². The van der Waals surface area contributed by atoms with Gasteiger partial charge in [0.15, 0.2) is 11.5 Å². The number of amides is 1. The maximum absolute atomic E-state index is 12.8. The number of carbonyl (C=O) groups excluding carboxylic acids is 1. The van der Waals surface area contributed by atoms with Crippen LogP contribution in [0.5, 0.6) is 17.2 Å². The SMILES string of the molecule is CCOc1ccc(C(=O)NCCS(=O)(=O)N2CCN(c3ccc(OC)cc3)CC2)cc1OCC. The van der Waals surface area contributed by atoms with E-state index in [9.17, 15) is 13.2 Å². The molecule has 1 fully saturated rings. The summed E-state index contributed by atoms with van der Waals surface area (Å²) in [5, 5.41) is 2.70. The molecule has 2 aromatic rings. The molecule has 0 radical (unpaired) electrons. The summed E-state index contributed by atoms with van der Waals surface area (Å²) in [4.78, 5) is 14.7. The first-order chi connectivity index (χ1) is 16.4. The Morgan fingerprint density at radius 2 is 1.59 bits per heavy atom. The number of sulfonamides is 1. The van der Waals surface area contributed by atoms with Crippen molar-refractivity contribution >= 4 is 21.6 Å². The Hall–Kier alpha value is -2.98. The monoisotopic (exact) mass is 491 g/mol. The van der Waals surface area contributed by atoms with Crippen molar-refractivity contribution in [2.45, 2.75) is 13.8 Å². The van der Waals surface area contributed by atoms with Gasteiger partial charge in [-0.1, -0.05) is 0 Å². The Labute approximate surface area is 201 Å². The smallest absolute Gasteiger partial charge is 0.251 e. The molecule has 0 saturated carbocycles. The normalized spacial score (nSPS) is 14.5. The lowest BCUT2D eigenvalue weighted by Crippen LogP contribution is -2.50. The summed E-state index contributed by atoms with van der Waals surface area (Å²) in [7, 11) is -1.86. The summed E-state index contributed by atoms with van der Waals surface area (Å²) in [5.74, 6) is 1.32. The largest absolute Gasteiger partial charge is 0.497 e. The Kier molecular flexibility index (Phi) is 9.00. The molecule has 1 heterocycles. The number of anilines is 1. The molecular formula is C24H33N3O6S. The van der Waals surface area contributed by atoms with Gasteiger partial charge in [0.1, 0.15) is 5.75 Å². The van der Waals surface area contributed by atoms with Crippen LogP contribution in [0.25, 0.3) is 0 Å². The molecule has 0 unspecified atom stereocenters. The minimum absolute atomic E-state index is 0.0248. The third-order valence-electron chi connectivity index (χ3n) is 5.52. The third kappa shape index (κ3) is 6.54. The predicted molar refractivity (Wildman–Crippen MR) is 132 cm³/mol. The van der Waals surface area contributed by atoms with Crippen molar-refractivity contribution in [3.8, 4) is 17.2 Å². The van der Waals surface area contributed by atoms with Gasteiger partial charge in [-0.05, 0) is 56.3 Å². The van der Waals surface area contributed by atoms with Gasteiger partial charge in [0.2, 0.25) is 10.0 Å². The first-order valence-corrected chi connectivity index (χ1v) is 13.0. The van der Waals surface area contributed by atoms with E-state index in [0.29, 0.717) is 56.5 Å². The number of rotatable bonds is 11. The van der Waals surface area contributed by atoms with Crippen molar-refractivity contribution in [1.82, 2.24) is 9.62 Å². The van der Waals surface area contributed by atoms with Crippen molar-refractivity contribution in [2.24, 2.45) is 0 Å². The summed E-state index contributed by atoms with van der Waals surface area (Å²) in [5.41, 5.74) is 1.42. The van der Waals surface area contributed by atoms with E-state index in [-0.39, 0.29) is 18.2 Å². The maximum atomic E-state index is 12.8. The van der Waals surface area contributed by atoms with E-state index in [1.807, 2.05) is 38.1 Å². The molecule has 0 aromatic heterocycles. The molecule has 1 aliphatic heterocycles. The summed E-state index contributed by atoms with van der Waals surface area (Å²) in [6.45, 7) is 6.68. The fourth-order valence-corrected chi connectivity index (χ4v) is 5.07. The zero-order valence-electron chi connectivity index (χ0n) is 20.0. The molecule has 0 aliphatic carbocycles. The van der Waals surface area contributed by atoms with E-state index >= 15 is 0 Å². The maximum Gasteiger partial charge on any atom is 0.251 e. The molecule has 3 rings (SSSR count). The number of carbonyl (C=O) groups is 1. The second-order valence-corrected chi connectivity index (χ2v) is 9.77. The van der Waals surface area contributed by atoms with Gasteiger partial charge in [0, 0.05) is 44.0 Å². The van der Waals surface area contributed by atoms with Gasteiger partial charge in [0.25, 0.3) is 5.91 Å². The van der Waals surface area contributed by atoms with Crippen LogP contribution in [0, 0.1) is 0 Å². The number of ether oxygens (including phenoxy) is 3. The number of nitrogens with one attached hydrogen (secondary N) is 1. The van der Waals surface area contributed by atoms with Crippen molar-refractivity contribution in [2.75, 3.05) is 63.7 Å². The van der Waals surface area contributed by atoms with Crippen LogP contribution in [-0.4, -0.2) is 77.4 Å².